The number of anilines is 3. The quantitative estimate of drug-likeness (QED) is 0.166. The Labute approximate surface area is 327 Å². The lowest BCUT2D eigenvalue weighted by molar-refractivity contribution is 0.620. The molecular formula is C53H32N2O2. The van der Waals surface area contributed by atoms with E-state index in [1.165, 1.54) is 32.3 Å². The smallest absolute Gasteiger partial charge is 0.228 e. The van der Waals surface area contributed by atoms with Crippen molar-refractivity contribution in [3.8, 4) is 22.6 Å². The Kier molecular flexibility index (Phi) is 6.89. The van der Waals surface area contributed by atoms with Gasteiger partial charge in [-0.1, -0.05) is 140 Å². The predicted molar refractivity (Wildman–Crippen MR) is 237 cm³/mol. The molecule has 0 aliphatic rings. The van der Waals surface area contributed by atoms with Crippen molar-refractivity contribution in [3.05, 3.63) is 194 Å². The van der Waals surface area contributed by atoms with Crippen LogP contribution in [0.3, 0.4) is 0 Å². The molecule has 57 heavy (non-hydrogen) atoms. The van der Waals surface area contributed by atoms with Gasteiger partial charge in [-0.3, -0.25) is 0 Å². The van der Waals surface area contributed by atoms with Gasteiger partial charge in [0.1, 0.15) is 16.7 Å². The first kappa shape index (κ1) is 31.6. The van der Waals surface area contributed by atoms with Crippen LogP contribution in [0.2, 0.25) is 0 Å². The van der Waals surface area contributed by atoms with E-state index in [1.807, 2.05) is 30.3 Å². The fourth-order valence-corrected chi connectivity index (χ4v) is 8.81. The summed E-state index contributed by atoms with van der Waals surface area (Å²) in [4.78, 5) is 7.42. The van der Waals surface area contributed by atoms with E-state index in [0.717, 1.165) is 77.6 Å². The number of nitrogens with zero attached hydrogens (tertiary/aromatic N) is 2. The van der Waals surface area contributed by atoms with E-state index < -0.39 is 0 Å². The molecule has 0 bridgehead atoms. The molecule has 0 N–H and O–H groups in total. The Morgan fingerprint density at radius 2 is 1.00 bits per heavy atom. The molecule has 0 radical (unpaired) electrons. The van der Waals surface area contributed by atoms with E-state index in [4.69, 9.17) is 13.8 Å². The zero-order valence-electron chi connectivity index (χ0n) is 30.7. The maximum absolute atomic E-state index is 6.71. The molecular weight excluding hydrogens is 697 g/mol. The Morgan fingerprint density at radius 1 is 0.368 bits per heavy atom. The van der Waals surface area contributed by atoms with Crippen LogP contribution < -0.4 is 4.90 Å². The molecule has 2 heterocycles. The molecule has 0 saturated heterocycles. The van der Waals surface area contributed by atoms with Crippen molar-refractivity contribution in [2.24, 2.45) is 0 Å². The van der Waals surface area contributed by atoms with Crippen molar-refractivity contribution in [3.63, 3.8) is 0 Å². The number of aromatic nitrogens is 1. The lowest BCUT2D eigenvalue weighted by Crippen LogP contribution is -2.11. The van der Waals surface area contributed by atoms with Crippen LogP contribution in [0.4, 0.5) is 17.1 Å². The molecule has 0 atom stereocenters. The highest BCUT2D eigenvalue weighted by molar-refractivity contribution is 6.18. The van der Waals surface area contributed by atoms with Gasteiger partial charge in [-0.25, -0.2) is 4.98 Å². The van der Waals surface area contributed by atoms with Gasteiger partial charge in [-0.05, 0) is 91.8 Å². The van der Waals surface area contributed by atoms with E-state index in [2.05, 4.69) is 169 Å². The van der Waals surface area contributed by atoms with Crippen molar-refractivity contribution >= 4 is 93.2 Å². The highest BCUT2D eigenvalue weighted by Gasteiger charge is 2.22. The van der Waals surface area contributed by atoms with Crippen LogP contribution in [0, 0.1) is 0 Å². The van der Waals surface area contributed by atoms with Gasteiger partial charge in [0, 0.05) is 44.7 Å². The molecule has 0 amide bonds. The molecule has 10 aromatic carbocycles. The number of oxazole rings is 1. The molecule has 0 aliphatic heterocycles. The summed E-state index contributed by atoms with van der Waals surface area (Å²) in [6, 6.07) is 68.8. The summed E-state index contributed by atoms with van der Waals surface area (Å²) in [7, 11) is 0. The third-order valence-corrected chi connectivity index (χ3v) is 11.5. The first-order valence-corrected chi connectivity index (χ1v) is 19.3. The topological polar surface area (TPSA) is 42.4 Å². The van der Waals surface area contributed by atoms with E-state index in [0.29, 0.717) is 5.89 Å². The summed E-state index contributed by atoms with van der Waals surface area (Å²) >= 11 is 0. The molecule has 0 spiro atoms. The Morgan fingerprint density at radius 3 is 1.88 bits per heavy atom. The SMILES string of the molecule is c1ccc(-c2ccccc2N(c2ccc3c(c2)oc2cccc(-c4nc5c(ccc6ccccc65)o4)c23)c2ccc3ccc4c5ccccc5ccc4c3c2)cc1. The van der Waals surface area contributed by atoms with Gasteiger partial charge in [0.2, 0.25) is 5.89 Å². The number of fused-ring (bicyclic) bond motifs is 11. The first-order chi connectivity index (χ1) is 28.2. The summed E-state index contributed by atoms with van der Waals surface area (Å²) in [5, 5.41) is 11.6. The summed E-state index contributed by atoms with van der Waals surface area (Å²) in [5.74, 6) is 0.577. The number of hydrogen-bond donors (Lipinski definition) is 0. The van der Waals surface area contributed by atoms with E-state index in [-0.39, 0.29) is 0 Å². The van der Waals surface area contributed by atoms with Crippen molar-refractivity contribution in [2.45, 2.75) is 0 Å². The van der Waals surface area contributed by atoms with Crippen molar-refractivity contribution in [1.82, 2.24) is 4.98 Å². The van der Waals surface area contributed by atoms with E-state index in [1.54, 1.807) is 0 Å². The largest absolute Gasteiger partial charge is 0.456 e. The number of rotatable bonds is 5. The van der Waals surface area contributed by atoms with Crippen LogP contribution in [0.5, 0.6) is 0 Å². The summed E-state index contributed by atoms with van der Waals surface area (Å²) < 4.78 is 13.2. The molecule has 0 fully saturated rings. The van der Waals surface area contributed by atoms with Crippen LogP contribution in [0.25, 0.3) is 98.7 Å². The lowest BCUT2D eigenvalue weighted by Gasteiger charge is -2.28. The van der Waals surface area contributed by atoms with Gasteiger partial charge in [-0.2, -0.15) is 0 Å². The molecule has 0 unspecified atom stereocenters. The minimum Gasteiger partial charge on any atom is -0.456 e. The second kappa shape index (κ2) is 12.4. The fourth-order valence-electron chi connectivity index (χ4n) is 8.81. The molecule has 2 aromatic heterocycles. The summed E-state index contributed by atoms with van der Waals surface area (Å²) in [5.41, 5.74) is 9.51. The average Bonchev–Trinajstić information content (AvgIpc) is 3.89. The number of benzene rings is 10. The van der Waals surface area contributed by atoms with Gasteiger partial charge < -0.3 is 13.7 Å². The van der Waals surface area contributed by atoms with Crippen LogP contribution >= 0.6 is 0 Å². The summed E-state index contributed by atoms with van der Waals surface area (Å²) in [6.45, 7) is 0. The molecule has 0 aliphatic carbocycles. The van der Waals surface area contributed by atoms with Gasteiger partial charge in [0.15, 0.2) is 5.58 Å². The molecule has 266 valence electrons. The molecule has 12 rings (SSSR count). The highest BCUT2D eigenvalue weighted by atomic mass is 16.3. The molecule has 12 aromatic rings. The molecule has 4 nitrogen and oxygen atoms in total. The van der Waals surface area contributed by atoms with Crippen LogP contribution in [-0.2, 0) is 0 Å². The number of furan rings is 1. The second-order valence-electron chi connectivity index (χ2n) is 14.7. The Bertz CT molecular complexity index is 3540. The number of hydrogen-bond acceptors (Lipinski definition) is 4. The lowest BCUT2D eigenvalue weighted by atomic mass is 9.96. The average molecular weight is 729 g/mol. The third-order valence-electron chi connectivity index (χ3n) is 11.5. The van der Waals surface area contributed by atoms with Crippen LogP contribution in [0.15, 0.2) is 203 Å². The zero-order valence-corrected chi connectivity index (χ0v) is 30.7. The van der Waals surface area contributed by atoms with Gasteiger partial charge in [0.25, 0.3) is 0 Å². The first-order valence-electron chi connectivity index (χ1n) is 19.3. The van der Waals surface area contributed by atoms with Crippen molar-refractivity contribution < 1.29 is 8.83 Å². The van der Waals surface area contributed by atoms with Gasteiger partial charge in [-0.15, -0.1) is 0 Å². The minimum atomic E-state index is 0.577. The third kappa shape index (κ3) is 4.98. The zero-order chi connectivity index (χ0) is 37.5. The standard InChI is InChI=1S/C53H32N2O2/c1-2-11-33(12-3-1)40-16-8-9-19-47(40)55(37-25-21-36-23-27-42-39-15-6-4-13-34(39)22-28-43(42)46(36)31-37)38-26-29-44-50(32-38)56-48-20-10-18-45(51(44)48)53-54-52-41-17-7-5-14-35(41)24-30-49(52)57-53/h1-32H. The van der Waals surface area contributed by atoms with Gasteiger partial charge >= 0.3 is 0 Å². The van der Waals surface area contributed by atoms with E-state index >= 15 is 0 Å². The molecule has 0 saturated carbocycles. The monoisotopic (exact) mass is 728 g/mol. The van der Waals surface area contributed by atoms with Crippen LogP contribution in [-0.4, -0.2) is 4.98 Å². The van der Waals surface area contributed by atoms with E-state index in [9.17, 15) is 0 Å². The second-order valence-corrected chi connectivity index (χ2v) is 14.7. The molecule has 4 heteroatoms. The van der Waals surface area contributed by atoms with Crippen molar-refractivity contribution in [1.29, 1.82) is 0 Å². The number of para-hydroxylation sites is 1. The van der Waals surface area contributed by atoms with Crippen molar-refractivity contribution in [2.75, 3.05) is 4.90 Å². The minimum absolute atomic E-state index is 0.577. The fraction of sp³-hybridized carbons (Fsp3) is 0. The maximum Gasteiger partial charge on any atom is 0.228 e. The maximum atomic E-state index is 6.71. The normalized spacial score (nSPS) is 11.9. The van der Waals surface area contributed by atoms with Crippen LogP contribution in [0.1, 0.15) is 0 Å². The van der Waals surface area contributed by atoms with Gasteiger partial charge in [0.05, 0.1) is 5.69 Å². The summed E-state index contributed by atoms with van der Waals surface area (Å²) in [6.07, 6.45) is 0. The predicted octanol–water partition coefficient (Wildman–Crippen LogP) is 15.1. The Hall–Kier alpha value is -7.69. The Balaban J connectivity index is 1.07. The highest BCUT2D eigenvalue weighted by Crippen LogP contribution is 2.45.